The molecule has 0 aromatic heterocycles. The van der Waals surface area contributed by atoms with E-state index in [1.54, 1.807) is 6.26 Å². The Balaban J connectivity index is 4.22. The van der Waals surface area contributed by atoms with E-state index in [1.165, 1.54) is 6.20 Å². The van der Waals surface area contributed by atoms with Crippen LogP contribution in [-0.4, -0.2) is 10.5 Å². The Hall–Kier alpha value is -0.770. The zero-order valence-corrected chi connectivity index (χ0v) is 7.87. The Morgan fingerprint density at radius 3 is 2.36 bits per heavy atom. The van der Waals surface area contributed by atoms with Crippen molar-refractivity contribution < 1.29 is 4.21 Å². The van der Waals surface area contributed by atoms with Gasteiger partial charge in [-0.1, -0.05) is 5.57 Å². The van der Waals surface area contributed by atoms with E-state index in [0.29, 0.717) is 5.70 Å². The molecule has 0 aromatic rings. The molecular formula is C7H14N2OS. The van der Waals surface area contributed by atoms with Gasteiger partial charge in [-0.3, -0.25) is 0 Å². The van der Waals surface area contributed by atoms with Gasteiger partial charge < -0.3 is 10.5 Å². The molecule has 0 aliphatic rings. The lowest BCUT2D eigenvalue weighted by atomic mass is 10.3. The lowest BCUT2D eigenvalue weighted by molar-refractivity contribution is 0.682. The summed E-state index contributed by atoms with van der Waals surface area (Å²) >= 11 is 0. The third-order valence-electron chi connectivity index (χ3n) is 0.885. The van der Waals surface area contributed by atoms with Gasteiger partial charge in [0.2, 0.25) is 0 Å². The fourth-order valence-electron chi connectivity index (χ4n) is 0.589. The summed E-state index contributed by atoms with van der Waals surface area (Å²) < 4.78 is 13.4. The van der Waals surface area contributed by atoms with Crippen LogP contribution in [-0.2, 0) is 11.0 Å². The predicted octanol–water partition coefficient (Wildman–Crippen LogP) is 0.636. The third-order valence-corrected chi connectivity index (χ3v) is 1.41. The van der Waals surface area contributed by atoms with Crippen molar-refractivity contribution in [2.24, 2.45) is 5.73 Å². The summed E-state index contributed by atoms with van der Waals surface area (Å²) in [5, 5.41) is 0. The van der Waals surface area contributed by atoms with Crippen LogP contribution in [0.3, 0.4) is 0 Å². The van der Waals surface area contributed by atoms with Gasteiger partial charge >= 0.3 is 0 Å². The van der Waals surface area contributed by atoms with Crippen LogP contribution in [0.25, 0.3) is 0 Å². The first-order chi connectivity index (χ1) is 5.06. The molecule has 0 rings (SSSR count). The zero-order valence-electron chi connectivity index (χ0n) is 7.05. The van der Waals surface area contributed by atoms with Crippen molar-refractivity contribution in [1.29, 1.82) is 0 Å². The highest BCUT2D eigenvalue weighted by Gasteiger charge is 1.92. The molecule has 3 nitrogen and oxygen atoms in total. The largest absolute Gasteiger partial charge is 0.403 e. The molecule has 11 heavy (non-hydrogen) atoms. The second-order valence-electron chi connectivity index (χ2n) is 2.40. The van der Waals surface area contributed by atoms with Crippen molar-refractivity contribution in [2.45, 2.75) is 13.8 Å². The minimum Gasteiger partial charge on any atom is -0.403 e. The maximum Gasteiger partial charge on any atom is 0.113 e. The topological polar surface area (TPSA) is 55.1 Å². The number of nitrogens with two attached hydrogens (primary N) is 1. The minimum atomic E-state index is -1.05. The van der Waals surface area contributed by atoms with Gasteiger partial charge in [0.05, 0.1) is 5.70 Å². The fourth-order valence-corrected chi connectivity index (χ4v) is 1.05. The summed E-state index contributed by atoms with van der Waals surface area (Å²) in [6.07, 6.45) is 4.79. The van der Waals surface area contributed by atoms with E-state index in [4.69, 9.17) is 5.73 Å². The molecular weight excluding hydrogens is 160 g/mol. The summed E-state index contributed by atoms with van der Waals surface area (Å²) in [6, 6.07) is 0. The van der Waals surface area contributed by atoms with Crippen molar-refractivity contribution in [3.05, 3.63) is 23.5 Å². The molecule has 64 valence electrons. The Kier molecular flexibility index (Phi) is 4.61. The molecule has 0 aromatic carbocycles. The quantitative estimate of drug-likeness (QED) is 0.617. The van der Waals surface area contributed by atoms with Gasteiger partial charge in [-0.05, 0) is 19.9 Å². The molecule has 1 atom stereocenters. The van der Waals surface area contributed by atoms with Crippen LogP contribution < -0.4 is 10.5 Å². The standard InChI is InChI=1S/C7H14N2OS/c1-6(2)4-7(5-8)9-11(3)10/h4-5,9H,8H2,1-3H3/b7-5+. The van der Waals surface area contributed by atoms with Crippen molar-refractivity contribution in [2.75, 3.05) is 6.26 Å². The van der Waals surface area contributed by atoms with Gasteiger partial charge in [-0.15, -0.1) is 0 Å². The number of allylic oxidation sites excluding steroid dienone is 2. The van der Waals surface area contributed by atoms with Crippen LogP contribution in [0.5, 0.6) is 0 Å². The molecule has 0 spiro atoms. The normalized spacial score (nSPS) is 13.9. The minimum absolute atomic E-state index is 0.686. The molecule has 0 amide bonds. The van der Waals surface area contributed by atoms with Crippen LogP contribution in [0.4, 0.5) is 0 Å². The van der Waals surface area contributed by atoms with Gasteiger partial charge in [-0.2, -0.15) is 0 Å². The third kappa shape index (κ3) is 5.66. The van der Waals surface area contributed by atoms with Crippen LogP contribution in [0.1, 0.15) is 13.8 Å². The second kappa shape index (κ2) is 4.96. The first-order valence-corrected chi connectivity index (χ1v) is 4.79. The molecule has 1 unspecified atom stereocenters. The molecule has 0 saturated carbocycles. The average Bonchev–Trinajstić information content (AvgIpc) is 1.84. The Morgan fingerprint density at radius 2 is 2.09 bits per heavy atom. The molecule has 0 fully saturated rings. The first-order valence-electron chi connectivity index (χ1n) is 3.23. The first kappa shape index (κ1) is 10.2. The van der Waals surface area contributed by atoms with E-state index in [2.05, 4.69) is 4.72 Å². The average molecular weight is 174 g/mol. The molecule has 0 heterocycles. The van der Waals surface area contributed by atoms with E-state index < -0.39 is 11.0 Å². The predicted molar refractivity (Wildman–Crippen MR) is 48.9 cm³/mol. The maximum absolute atomic E-state index is 10.7. The van der Waals surface area contributed by atoms with Gasteiger partial charge in [0.1, 0.15) is 11.0 Å². The molecule has 0 radical (unpaired) electrons. The highest BCUT2D eigenvalue weighted by molar-refractivity contribution is 7.82. The van der Waals surface area contributed by atoms with Crippen molar-refractivity contribution in [3.63, 3.8) is 0 Å². The smallest absolute Gasteiger partial charge is 0.113 e. The highest BCUT2D eigenvalue weighted by Crippen LogP contribution is 1.96. The molecule has 0 bridgehead atoms. The molecule has 0 saturated heterocycles. The van der Waals surface area contributed by atoms with Crippen LogP contribution in [0.2, 0.25) is 0 Å². The van der Waals surface area contributed by atoms with Crippen LogP contribution >= 0.6 is 0 Å². The Labute approximate surface area is 69.9 Å². The SMILES string of the molecule is CC(C)=C/C(=C\N)NS(C)=O. The van der Waals surface area contributed by atoms with Gasteiger partial charge in [0.25, 0.3) is 0 Å². The monoisotopic (exact) mass is 174 g/mol. The molecule has 4 heteroatoms. The lowest BCUT2D eigenvalue weighted by Crippen LogP contribution is -2.14. The van der Waals surface area contributed by atoms with E-state index >= 15 is 0 Å². The number of hydrogen-bond acceptors (Lipinski definition) is 2. The number of hydrogen-bond donors (Lipinski definition) is 2. The van der Waals surface area contributed by atoms with Gasteiger partial charge in [-0.25, -0.2) is 4.21 Å². The van der Waals surface area contributed by atoms with Gasteiger partial charge in [0, 0.05) is 12.5 Å². The Bertz CT molecular complexity index is 204. The van der Waals surface area contributed by atoms with E-state index in [9.17, 15) is 4.21 Å². The maximum atomic E-state index is 10.7. The summed E-state index contributed by atoms with van der Waals surface area (Å²) in [7, 11) is -1.05. The van der Waals surface area contributed by atoms with Crippen LogP contribution in [0.15, 0.2) is 23.5 Å². The summed E-state index contributed by atoms with van der Waals surface area (Å²) in [5.41, 5.74) is 7.06. The molecule has 3 N–H and O–H groups in total. The highest BCUT2D eigenvalue weighted by atomic mass is 32.2. The van der Waals surface area contributed by atoms with E-state index in [1.807, 2.05) is 19.9 Å². The van der Waals surface area contributed by atoms with E-state index in [-0.39, 0.29) is 0 Å². The number of nitrogens with one attached hydrogen (secondary N) is 1. The second-order valence-corrected chi connectivity index (χ2v) is 3.51. The van der Waals surface area contributed by atoms with Crippen LogP contribution in [0, 0.1) is 0 Å². The van der Waals surface area contributed by atoms with Crippen molar-refractivity contribution in [1.82, 2.24) is 4.72 Å². The van der Waals surface area contributed by atoms with E-state index in [0.717, 1.165) is 5.57 Å². The Morgan fingerprint density at radius 1 is 1.55 bits per heavy atom. The van der Waals surface area contributed by atoms with Crippen molar-refractivity contribution in [3.8, 4) is 0 Å². The van der Waals surface area contributed by atoms with Gasteiger partial charge in [0.15, 0.2) is 0 Å². The molecule has 0 aliphatic heterocycles. The number of rotatable bonds is 3. The lowest BCUT2D eigenvalue weighted by Gasteiger charge is -2.01. The van der Waals surface area contributed by atoms with Crippen molar-refractivity contribution >= 4 is 11.0 Å². The summed E-state index contributed by atoms with van der Waals surface area (Å²) in [6.45, 7) is 3.90. The molecule has 0 aliphatic carbocycles. The summed E-state index contributed by atoms with van der Waals surface area (Å²) in [5.74, 6) is 0. The summed E-state index contributed by atoms with van der Waals surface area (Å²) in [4.78, 5) is 0. The zero-order chi connectivity index (χ0) is 8.85. The fraction of sp³-hybridized carbons (Fsp3) is 0.429.